The van der Waals surface area contributed by atoms with E-state index in [9.17, 15) is 9.59 Å². The van der Waals surface area contributed by atoms with Crippen LogP contribution >= 0.6 is 0 Å². The Kier molecular flexibility index (Phi) is 6.34. The predicted octanol–water partition coefficient (Wildman–Crippen LogP) is 3.35. The van der Waals surface area contributed by atoms with Gasteiger partial charge in [-0.2, -0.15) is 0 Å². The third-order valence-corrected chi connectivity index (χ3v) is 4.56. The molecule has 2 N–H and O–H groups in total. The van der Waals surface area contributed by atoms with Gasteiger partial charge in [-0.25, -0.2) is 0 Å². The Hall–Kier alpha value is -2.72. The Morgan fingerprint density at radius 1 is 0.923 bits per heavy atom. The minimum absolute atomic E-state index is 0.000781. The van der Waals surface area contributed by atoms with Crippen molar-refractivity contribution in [2.45, 2.75) is 19.3 Å². The normalized spacial score (nSPS) is 13.8. The first-order chi connectivity index (χ1) is 12.7. The summed E-state index contributed by atoms with van der Waals surface area (Å²) in [6.07, 6.45) is 3.54. The summed E-state index contributed by atoms with van der Waals surface area (Å²) in [6.45, 7) is 2.41. The number of nitrogens with one attached hydrogen (secondary N) is 2. The molecule has 4 nitrogen and oxygen atoms in total. The fourth-order valence-corrected chi connectivity index (χ4v) is 2.98. The Morgan fingerprint density at radius 2 is 1.65 bits per heavy atom. The standard InChI is InChI=1S/C22H24N2O2/c25-21(10-11-22(26)24-16-17-12-14-23-15-13-17)20-8-6-19(7-9-20)18-4-2-1-3-5-18/h1-9,12,23H,10-11,13-16H2,(H,24,26). The molecule has 1 aliphatic rings. The van der Waals surface area contributed by atoms with E-state index in [1.165, 1.54) is 5.57 Å². The molecule has 26 heavy (non-hydrogen) atoms. The number of hydrogen-bond acceptors (Lipinski definition) is 3. The van der Waals surface area contributed by atoms with Crippen molar-refractivity contribution in [1.29, 1.82) is 0 Å². The number of carbonyl (C=O) groups is 2. The molecule has 3 rings (SSSR count). The van der Waals surface area contributed by atoms with Gasteiger partial charge in [0.1, 0.15) is 0 Å². The lowest BCUT2D eigenvalue weighted by Gasteiger charge is -2.14. The lowest BCUT2D eigenvalue weighted by atomic mass is 10.0. The molecule has 0 atom stereocenters. The second-order valence-electron chi connectivity index (χ2n) is 6.46. The van der Waals surface area contributed by atoms with Crippen molar-refractivity contribution in [3.05, 3.63) is 71.8 Å². The van der Waals surface area contributed by atoms with Crippen LogP contribution in [0.5, 0.6) is 0 Å². The highest BCUT2D eigenvalue weighted by Crippen LogP contribution is 2.19. The van der Waals surface area contributed by atoms with E-state index in [-0.39, 0.29) is 24.5 Å². The van der Waals surface area contributed by atoms with Crippen molar-refractivity contribution in [2.24, 2.45) is 0 Å². The van der Waals surface area contributed by atoms with Gasteiger partial charge < -0.3 is 10.6 Å². The largest absolute Gasteiger partial charge is 0.352 e. The van der Waals surface area contributed by atoms with E-state index >= 15 is 0 Å². The van der Waals surface area contributed by atoms with Gasteiger partial charge in [0.15, 0.2) is 5.78 Å². The Morgan fingerprint density at radius 3 is 2.35 bits per heavy atom. The maximum atomic E-state index is 12.3. The van der Waals surface area contributed by atoms with Gasteiger partial charge in [0, 0.05) is 31.5 Å². The monoisotopic (exact) mass is 348 g/mol. The minimum atomic E-state index is -0.0707. The molecular weight excluding hydrogens is 324 g/mol. The number of Topliss-reactive ketones (excluding diaryl/α,β-unsaturated/α-hetero) is 1. The first kappa shape index (κ1) is 18.1. The Bertz CT molecular complexity index is 780. The topological polar surface area (TPSA) is 58.2 Å². The number of benzene rings is 2. The molecule has 4 heteroatoms. The number of rotatable bonds is 7. The van der Waals surface area contributed by atoms with Gasteiger partial charge in [0.05, 0.1) is 0 Å². The van der Waals surface area contributed by atoms with Gasteiger partial charge in [-0.15, -0.1) is 0 Å². The van der Waals surface area contributed by atoms with E-state index in [4.69, 9.17) is 0 Å². The summed E-state index contributed by atoms with van der Waals surface area (Å²) < 4.78 is 0. The van der Waals surface area contributed by atoms with Crippen molar-refractivity contribution in [3.8, 4) is 11.1 Å². The highest BCUT2D eigenvalue weighted by molar-refractivity contribution is 5.98. The molecular formula is C22H24N2O2. The summed E-state index contributed by atoms with van der Waals surface area (Å²) >= 11 is 0. The van der Waals surface area contributed by atoms with Crippen LogP contribution in [0.15, 0.2) is 66.2 Å². The molecule has 0 saturated carbocycles. The first-order valence-electron chi connectivity index (χ1n) is 9.06. The molecule has 2 aromatic rings. The van der Waals surface area contributed by atoms with Gasteiger partial charge in [-0.3, -0.25) is 9.59 Å². The van der Waals surface area contributed by atoms with E-state index in [2.05, 4.69) is 16.7 Å². The van der Waals surface area contributed by atoms with Crippen LogP contribution in [0.4, 0.5) is 0 Å². The number of carbonyl (C=O) groups excluding carboxylic acids is 2. The van der Waals surface area contributed by atoms with E-state index in [1.807, 2.05) is 54.6 Å². The molecule has 2 aromatic carbocycles. The van der Waals surface area contributed by atoms with Crippen LogP contribution in [0.2, 0.25) is 0 Å². The molecule has 0 saturated heterocycles. The maximum Gasteiger partial charge on any atom is 0.220 e. The zero-order valence-electron chi connectivity index (χ0n) is 14.8. The van der Waals surface area contributed by atoms with Gasteiger partial charge >= 0.3 is 0 Å². The SMILES string of the molecule is O=C(CCC(=O)c1ccc(-c2ccccc2)cc1)NCC1=CCNCC1. The summed E-state index contributed by atoms with van der Waals surface area (Å²) in [4.78, 5) is 24.3. The summed E-state index contributed by atoms with van der Waals surface area (Å²) in [7, 11) is 0. The molecule has 0 aromatic heterocycles. The van der Waals surface area contributed by atoms with Crippen LogP contribution in [0.3, 0.4) is 0 Å². The van der Waals surface area contributed by atoms with Crippen LogP contribution in [0, 0.1) is 0 Å². The molecule has 134 valence electrons. The van der Waals surface area contributed by atoms with Crippen molar-refractivity contribution >= 4 is 11.7 Å². The molecule has 1 aliphatic heterocycles. The molecule has 0 unspecified atom stereocenters. The van der Waals surface area contributed by atoms with E-state index in [1.54, 1.807) is 0 Å². The van der Waals surface area contributed by atoms with Gasteiger partial charge in [0.2, 0.25) is 5.91 Å². The maximum absolute atomic E-state index is 12.3. The zero-order valence-corrected chi connectivity index (χ0v) is 14.8. The summed E-state index contributed by atoms with van der Waals surface area (Å²) in [5.41, 5.74) is 4.10. The van der Waals surface area contributed by atoms with Crippen molar-refractivity contribution < 1.29 is 9.59 Å². The predicted molar refractivity (Wildman–Crippen MR) is 104 cm³/mol. The Balaban J connectivity index is 1.47. The fourth-order valence-electron chi connectivity index (χ4n) is 2.98. The van der Waals surface area contributed by atoms with Crippen LogP contribution in [0.25, 0.3) is 11.1 Å². The lowest BCUT2D eigenvalue weighted by molar-refractivity contribution is -0.120. The molecule has 0 radical (unpaired) electrons. The fraction of sp³-hybridized carbons (Fsp3) is 0.273. The highest BCUT2D eigenvalue weighted by atomic mass is 16.2. The molecule has 0 aliphatic carbocycles. The lowest BCUT2D eigenvalue weighted by Crippen LogP contribution is -2.29. The van der Waals surface area contributed by atoms with Crippen LogP contribution in [-0.2, 0) is 4.79 Å². The van der Waals surface area contributed by atoms with Crippen LogP contribution in [0.1, 0.15) is 29.6 Å². The number of ketones is 1. The van der Waals surface area contributed by atoms with Gasteiger partial charge in [-0.1, -0.05) is 66.2 Å². The first-order valence-corrected chi connectivity index (χ1v) is 9.06. The Labute approximate surface area is 154 Å². The van der Waals surface area contributed by atoms with Crippen molar-refractivity contribution in [3.63, 3.8) is 0 Å². The third kappa shape index (κ3) is 5.14. The quantitative estimate of drug-likeness (QED) is 0.596. The van der Waals surface area contributed by atoms with Crippen LogP contribution in [-0.4, -0.2) is 31.3 Å². The summed E-state index contributed by atoms with van der Waals surface area (Å²) in [6, 6.07) is 17.6. The zero-order chi connectivity index (χ0) is 18.2. The van der Waals surface area contributed by atoms with Gasteiger partial charge in [-0.05, 0) is 24.1 Å². The molecule has 1 heterocycles. The third-order valence-electron chi connectivity index (χ3n) is 4.56. The smallest absolute Gasteiger partial charge is 0.220 e. The minimum Gasteiger partial charge on any atom is -0.352 e. The molecule has 0 fully saturated rings. The van der Waals surface area contributed by atoms with E-state index in [0.717, 1.165) is 30.6 Å². The van der Waals surface area contributed by atoms with E-state index < -0.39 is 0 Å². The molecule has 0 bridgehead atoms. The molecule has 0 spiro atoms. The number of amides is 1. The van der Waals surface area contributed by atoms with Crippen molar-refractivity contribution in [2.75, 3.05) is 19.6 Å². The second-order valence-corrected chi connectivity index (χ2v) is 6.46. The summed E-state index contributed by atoms with van der Waals surface area (Å²) in [5, 5.41) is 6.14. The number of hydrogen-bond donors (Lipinski definition) is 2. The van der Waals surface area contributed by atoms with Crippen molar-refractivity contribution in [1.82, 2.24) is 10.6 Å². The average Bonchev–Trinajstić information content (AvgIpc) is 2.72. The van der Waals surface area contributed by atoms with Gasteiger partial charge in [0.25, 0.3) is 0 Å². The second kappa shape index (κ2) is 9.11. The van der Waals surface area contributed by atoms with Crippen LogP contribution < -0.4 is 10.6 Å². The molecule has 1 amide bonds. The van der Waals surface area contributed by atoms with E-state index in [0.29, 0.717) is 12.1 Å². The summed E-state index contributed by atoms with van der Waals surface area (Å²) in [5.74, 6) is -0.0699. The average molecular weight is 348 g/mol. The highest BCUT2D eigenvalue weighted by Gasteiger charge is 2.10.